The molecule has 0 spiro atoms. The number of hydrogen-bond acceptors (Lipinski definition) is 4. The topological polar surface area (TPSA) is 50.2 Å². The Balaban J connectivity index is 2.13. The van der Waals surface area contributed by atoms with E-state index in [1.807, 2.05) is 22.8 Å². The first-order valence-electron chi connectivity index (χ1n) is 10.2. The van der Waals surface area contributed by atoms with Crippen LogP contribution in [0.2, 0.25) is 0 Å². The summed E-state index contributed by atoms with van der Waals surface area (Å²) in [6.45, 7) is 11.4. The molecule has 27 heavy (non-hydrogen) atoms. The predicted octanol–water partition coefficient (Wildman–Crippen LogP) is 3.95. The van der Waals surface area contributed by atoms with Crippen LogP contribution in [0.1, 0.15) is 51.9 Å². The van der Waals surface area contributed by atoms with Crippen molar-refractivity contribution in [1.29, 1.82) is 0 Å². The molecular weight excluding hydrogens is 404 g/mol. The summed E-state index contributed by atoms with van der Waals surface area (Å²) in [6.07, 6.45) is 3.01. The minimum Gasteiger partial charge on any atom is -0.315 e. The van der Waals surface area contributed by atoms with E-state index in [2.05, 4.69) is 46.9 Å². The molecule has 0 saturated carbocycles. The number of nitrogens with one attached hydrogen (secondary N) is 1. The first-order valence-corrected chi connectivity index (χ1v) is 11.0. The monoisotopic (exact) mass is 434 g/mol. The summed E-state index contributed by atoms with van der Waals surface area (Å²) >= 11 is 3.49. The van der Waals surface area contributed by atoms with Crippen LogP contribution in [0, 0.1) is 5.92 Å². The Morgan fingerprint density at radius 3 is 2.89 bits per heavy atom. The largest absolute Gasteiger partial charge is 0.315 e. The molecule has 0 amide bonds. The van der Waals surface area contributed by atoms with Crippen LogP contribution < -0.4 is 10.9 Å². The van der Waals surface area contributed by atoms with Gasteiger partial charge in [-0.15, -0.1) is 0 Å². The fourth-order valence-corrected chi connectivity index (χ4v) is 4.42. The molecule has 1 N–H and O–H groups in total. The summed E-state index contributed by atoms with van der Waals surface area (Å²) < 4.78 is 2.85. The zero-order valence-electron chi connectivity index (χ0n) is 16.7. The first-order chi connectivity index (χ1) is 13.0. The highest BCUT2D eigenvalue weighted by molar-refractivity contribution is 9.10. The average molecular weight is 435 g/mol. The molecule has 0 aliphatic carbocycles. The van der Waals surface area contributed by atoms with Crippen LogP contribution in [0.5, 0.6) is 0 Å². The molecule has 1 aliphatic heterocycles. The van der Waals surface area contributed by atoms with Crippen LogP contribution in [0.3, 0.4) is 0 Å². The Hall–Kier alpha value is -1.24. The van der Waals surface area contributed by atoms with Crippen LogP contribution in [0.4, 0.5) is 0 Å². The van der Waals surface area contributed by atoms with Crippen LogP contribution in [-0.4, -0.2) is 40.6 Å². The molecular formula is C21H31BrN4O. The molecule has 1 aromatic carbocycles. The molecule has 2 atom stereocenters. The first kappa shape index (κ1) is 20.5. The zero-order valence-corrected chi connectivity index (χ0v) is 18.3. The van der Waals surface area contributed by atoms with Gasteiger partial charge in [-0.3, -0.25) is 14.3 Å². The number of hydrogen-bond donors (Lipinski definition) is 1. The van der Waals surface area contributed by atoms with E-state index >= 15 is 0 Å². The quantitative estimate of drug-likeness (QED) is 0.747. The molecule has 2 heterocycles. The van der Waals surface area contributed by atoms with E-state index in [1.165, 1.54) is 0 Å². The molecule has 3 rings (SSSR count). The summed E-state index contributed by atoms with van der Waals surface area (Å²) in [5, 5.41) is 4.22. The predicted molar refractivity (Wildman–Crippen MR) is 115 cm³/mol. The summed E-state index contributed by atoms with van der Waals surface area (Å²) in [7, 11) is 0. The molecule has 1 aromatic heterocycles. The highest BCUT2D eigenvalue weighted by atomic mass is 79.9. The van der Waals surface area contributed by atoms with Gasteiger partial charge in [-0.25, -0.2) is 4.98 Å². The Kier molecular flexibility index (Phi) is 7.06. The molecule has 0 bridgehead atoms. The van der Waals surface area contributed by atoms with Crippen molar-refractivity contribution in [3.8, 4) is 0 Å². The number of rotatable bonds is 6. The number of halogens is 1. The minimum absolute atomic E-state index is 0.0836. The number of fused-ring (bicyclic) bond motifs is 1. The second-order valence-electron chi connectivity index (χ2n) is 7.70. The van der Waals surface area contributed by atoms with Crippen LogP contribution in [-0.2, 0) is 6.54 Å². The third kappa shape index (κ3) is 4.61. The van der Waals surface area contributed by atoms with Gasteiger partial charge in [0.1, 0.15) is 5.82 Å². The lowest BCUT2D eigenvalue weighted by atomic mass is 10.1. The fourth-order valence-electron chi connectivity index (χ4n) is 4.06. The van der Waals surface area contributed by atoms with Gasteiger partial charge in [-0.1, -0.05) is 43.1 Å². The van der Waals surface area contributed by atoms with Gasteiger partial charge in [0.15, 0.2) is 0 Å². The Labute approximate surface area is 170 Å². The van der Waals surface area contributed by atoms with Gasteiger partial charge < -0.3 is 5.32 Å². The molecule has 148 valence electrons. The normalized spacial score (nSPS) is 19.9. The van der Waals surface area contributed by atoms with E-state index in [-0.39, 0.29) is 11.6 Å². The SMILES string of the molecule is CCC[C@@H](c1nc2ccc(Br)cc2c(=O)n1CCC)N1CCNC[C@@H](C)C1. The van der Waals surface area contributed by atoms with Crippen molar-refractivity contribution in [3.63, 3.8) is 0 Å². The lowest BCUT2D eigenvalue weighted by Gasteiger charge is -2.32. The van der Waals surface area contributed by atoms with E-state index < -0.39 is 0 Å². The van der Waals surface area contributed by atoms with Crippen molar-refractivity contribution in [1.82, 2.24) is 19.8 Å². The van der Waals surface area contributed by atoms with Gasteiger partial charge in [0.25, 0.3) is 5.56 Å². The maximum atomic E-state index is 13.3. The van der Waals surface area contributed by atoms with Gasteiger partial charge in [-0.2, -0.15) is 0 Å². The van der Waals surface area contributed by atoms with E-state index in [0.29, 0.717) is 17.8 Å². The van der Waals surface area contributed by atoms with Crippen molar-refractivity contribution in [2.75, 3.05) is 26.2 Å². The number of aromatic nitrogens is 2. The Morgan fingerprint density at radius 1 is 1.33 bits per heavy atom. The molecule has 2 aromatic rings. The zero-order chi connectivity index (χ0) is 19.4. The van der Waals surface area contributed by atoms with Crippen LogP contribution in [0.15, 0.2) is 27.5 Å². The third-order valence-electron chi connectivity index (χ3n) is 5.31. The van der Waals surface area contributed by atoms with Crippen molar-refractivity contribution in [2.45, 2.75) is 52.6 Å². The lowest BCUT2D eigenvalue weighted by Crippen LogP contribution is -2.38. The van der Waals surface area contributed by atoms with Gasteiger partial charge in [0.2, 0.25) is 0 Å². The highest BCUT2D eigenvalue weighted by Crippen LogP contribution is 2.27. The summed E-state index contributed by atoms with van der Waals surface area (Å²) in [6, 6.07) is 6.00. The number of nitrogens with zero attached hydrogens (tertiary/aromatic N) is 3. The van der Waals surface area contributed by atoms with E-state index in [1.54, 1.807) is 0 Å². The average Bonchev–Trinajstić information content (AvgIpc) is 2.87. The summed E-state index contributed by atoms with van der Waals surface area (Å²) in [4.78, 5) is 20.8. The van der Waals surface area contributed by atoms with E-state index in [9.17, 15) is 4.79 Å². The van der Waals surface area contributed by atoms with Crippen molar-refractivity contribution < 1.29 is 0 Å². The second kappa shape index (κ2) is 9.30. The van der Waals surface area contributed by atoms with Crippen molar-refractivity contribution >= 4 is 26.8 Å². The molecule has 0 unspecified atom stereocenters. The standard InChI is InChI=1S/C21H31BrN4O/c1-4-6-19(25-11-9-23-13-15(3)14-25)20-24-18-8-7-16(22)12-17(18)21(27)26(20)10-5-2/h7-8,12,15,19,23H,4-6,9-11,13-14H2,1-3H3/t15-,19+/m1/s1. The lowest BCUT2D eigenvalue weighted by molar-refractivity contribution is 0.168. The number of benzene rings is 1. The molecule has 0 radical (unpaired) electrons. The maximum absolute atomic E-state index is 13.3. The van der Waals surface area contributed by atoms with Crippen LogP contribution in [0.25, 0.3) is 10.9 Å². The third-order valence-corrected chi connectivity index (χ3v) is 5.80. The summed E-state index contributed by atoms with van der Waals surface area (Å²) in [5.74, 6) is 1.53. The molecule has 1 aliphatic rings. The Bertz CT molecular complexity index is 835. The molecule has 1 fully saturated rings. The van der Waals surface area contributed by atoms with E-state index in [4.69, 9.17) is 4.98 Å². The van der Waals surface area contributed by atoms with Crippen molar-refractivity contribution in [3.05, 3.63) is 38.9 Å². The van der Waals surface area contributed by atoms with Gasteiger partial charge >= 0.3 is 0 Å². The molecule has 1 saturated heterocycles. The molecule has 5 nitrogen and oxygen atoms in total. The second-order valence-corrected chi connectivity index (χ2v) is 8.61. The van der Waals surface area contributed by atoms with Crippen molar-refractivity contribution in [2.24, 2.45) is 5.92 Å². The van der Waals surface area contributed by atoms with Gasteiger partial charge in [0, 0.05) is 30.7 Å². The fraction of sp³-hybridized carbons (Fsp3) is 0.619. The van der Waals surface area contributed by atoms with Gasteiger partial charge in [0.05, 0.1) is 16.9 Å². The minimum atomic E-state index is 0.0836. The van der Waals surface area contributed by atoms with Crippen LogP contribution >= 0.6 is 15.9 Å². The Morgan fingerprint density at radius 2 is 2.15 bits per heavy atom. The van der Waals surface area contributed by atoms with E-state index in [0.717, 1.165) is 61.3 Å². The highest BCUT2D eigenvalue weighted by Gasteiger charge is 2.27. The molecule has 6 heteroatoms. The van der Waals surface area contributed by atoms with Gasteiger partial charge in [-0.05, 0) is 43.5 Å². The summed E-state index contributed by atoms with van der Waals surface area (Å²) in [5.41, 5.74) is 0.882. The maximum Gasteiger partial charge on any atom is 0.261 e. The smallest absolute Gasteiger partial charge is 0.261 e.